The first-order chi connectivity index (χ1) is 10.1. The standard InChI is InChI=1S/C17H18FNOS/c1-12(7-8-13-5-3-2-4-6-13)19-17(20)14-9-10-15(18)16(21)11-14/h2-6,9-12,21H,7-8H2,1H3,(H,19,20). The van der Waals surface area contributed by atoms with Gasteiger partial charge in [-0.1, -0.05) is 30.3 Å². The molecule has 0 aliphatic heterocycles. The van der Waals surface area contributed by atoms with Gasteiger partial charge in [-0.05, 0) is 43.5 Å². The van der Waals surface area contributed by atoms with E-state index in [1.54, 1.807) is 0 Å². The maximum atomic E-state index is 13.1. The van der Waals surface area contributed by atoms with E-state index < -0.39 is 5.82 Å². The molecule has 0 aromatic heterocycles. The van der Waals surface area contributed by atoms with Gasteiger partial charge in [0.1, 0.15) is 5.82 Å². The van der Waals surface area contributed by atoms with Crippen LogP contribution < -0.4 is 5.32 Å². The summed E-state index contributed by atoms with van der Waals surface area (Å²) >= 11 is 3.99. The smallest absolute Gasteiger partial charge is 0.251 e. The highest BCUT2D eigenvalue weighted by atomic mass is 32.1. The van der Waals surface area contributed by atoms with Gasteiger partial charge in [-0.2, -0.15) is 0 Å². The number of aryl methyl sites for hydroxylation is 1. The minimum atomic E-state index is -0.424. The first-order valence-corrected chi connectivity index (χ1v) is 7.34. The summed E-state index contributed by atoms with van der Waals surface area (Å²) in [6, 6.07) is 14.3. The summed E-state index contributed by atoms with van der Waals surface area (Å²) in [6.07, 6.45) is 1.76. The Labute approximate surface area is 129 Å². The molecule has 0 bridgehead atoms. The Morgan fingerprint density at radius 1 is 1.24 bits per heavy atom. The molecule has 21 heavy (non-hydrogen) atoms. The topological polar surface area (TPSA) is 29.1 Å². The van der Waals surface area contributed by atoms with Gasteiger partial charge in [-0.15, -0.1) is 12.6 Å². The lowest BCUT2D eigenvalue weighted by Gasteiger charge is -2.14. The lowest BCUT2D eigenvalue weighted by Crippen LogP contribution is -2.32. The summed E-state index contributed by atoms with van der Waals surface area (Å²) in [5, 5.41) is 2.92. The molecule has 1 N–H and O–H groups in total. The molecule has 2 rings (SSSR count). The van der Waals surface area contributed by atoms with Crippen LogP contribution >= 0.6 is 12.6 Å². The van der Waals surface area contributed by atoms with Crippen molar-refractivity contribution >= 4 is 18.5 Å². The number of amides is 1. The summed E-state index contributed by atoms with van der Waals surface area (Å²) in [5.74, 6) is -0.627. The van der Waals surface area contributed by atoms with Gasteiger partial charge in [0.05, 0.1) is 0 Å². The second kappa shape index (κ2) is 7.27. The van der Waals surface area contributed by atoms with Crippen molar-refractivity contribution < 1.29 is 9.18 Å². The van der Waals surface area contributed by atoms with Crippen molar-refractivity contribution in [1.82, 2.24) is 5.32 Å². The minimum absolute atomic E-state index is 0.0473. The predicted molar refractivity (Wildman–Crippen MR) is 85.3 cm³/mol. The average Bonchev–Trinajstić information content (AvgIpc) is 2.49. The van der Waals surface area contributed by atoms with Gasteiger partial charge in [0.2, 0.25) is 0 Å². The molecule has 0 fully saturated rings. The zero-order valence-electron chi connectivity index (χ0n) is 11.8. The van der Waals surface area contributed by atoms with Crippen LogP contribution in [0.25, 0.3) is 0 Å². The third-order valence-electron chi connectivity index (χ3n) is 3.29. The van der Waals surface area contributed by atoms with Crippen molar-refractivity contribution in [2.45, 2.75) is 30.7 Å². The molecule has 1 amide bonds. The fourth-order valence-corrected chi connectivity index (χ4v) is 2.27. The molecule has 1 atom stereocenters. The molecule has 0 saturated heterocycles. The van der Waals surface area contributed by atoms with E-state index in [-0.39, 0.29) is 16.8 Å². The molecular formula is C17H18FNOS. The third-order valence-corrected chi connectivity index (χ3v) is 3.64. The van der Waals surface area contributed by atoms with Crippen molar-refractivity contribution in [3.05, 3.63) is 65.5 Å². The highest BCUT2D eigenvalue weighted by molar-refractivity contribution is 7.80. The van der Waals surface area contributed by atoms with Crippen molar-refractivity contribution in [3.8, 4) is 0 Å². The molecule has 1 unspecified atom stereocenters. The quantitative estimate of drug-likeness (QED) is 0.807. The van der Waals surface area contributed by atoms with Crippen LogP contribution in [0.15, 0.2) is 53.4 Å². The van der Waals surface area contributed by atoms with Crippen LogP contribution in [-0.2, 0) is 6.42 Å². The van der Waals surface area contributed by atoms with E-state index in [1.807, 2.05) is 25.1 Å². The van der Waals surface area contributed by atoms with Crippen molar-refractivity contribution in [3.63, 3.8) is 0 Å². The molecular weight excluding hydrogens is 285 g/mol. The van der Waals surface area contributed by atoms with Crippen LogP contribution in [0.3, 0.4) is 0 Å². The van der Waals surface area contributed by atoms with E-state index in [0.717, 1.165) is 12.8 Å². The third kappa shape index (κ3) is 4.60. The summed E-state index contributed by atoms with van der Waals surface area (Å²) in [5.41, 5.74) is 1.67. The summed E-state index contributed by atoms with van der Waals surface area (Å²) in [4.78, 5) is 12.2. The Balaban J connectivity index is 1.88. The highest BCUT2D eigenvalue weighted by Crippen LogP contribution is 2.14. The Morgan fingerprint density at radius 3 is 2.62 bits per heavy atom. The van der Waals surface area contributed by atoms with Gasteiger partial charge in [0.15, 0.2) is 0 Å². The second-order valence-electron chi connectivity index (χ2n) is 5.06. The largest absolute Gasteiger partial charge is 0.350 e. The number of thiol groups is 1. The number of hydrogen-bond acceptors (Lipinski definition) is 2. The lowest BCUT2D eigenvalue weighted by atomic mass is 10.1. The highest BCUT2D eigenvalue weighted by Gasteiger charge is 2.11. The molecule has 4 heteroatoms. The van der Waals surface area contributed by atoms with Gasteiger partial charge in [0, 0.05) is 16.5 Å². The summed E-state index contributed by atoms with van der Waals surface area (Å²) < 4.78 is 13.1. The molecule has 0 saturated carbocycles. The van der Waals surface area contributed by atoms with E-state index in [2.05, 4.69) is 30.1 Å². The van der Waals surface area contributed by atoms with E-state index in [1.165, 1.54) is 23.8 Å². The molecule has 0 spiro atoms. The molecule has 110 valence electrons. The predicted octanol–water partition coefficient (Wildman–Crippen LogP) is 3.87. The van der Waals surface area contributed by atoms with Gasteiger partial charge in [-0.3, -0.25) is 4.79 Å². The number of nitrogens with one attached hydrogen (secondary N) is 1. The van der Waals surface area contributed by atoms with Gasteiger partial charge in [-0.25, -0.2) is 4.39 Å². The van der Waals surface area contributed by atoms with Crippen LogP contribution in [0.2, 0.25) is 0 Å². The monoisotopic (exact) mass is 303 g/mol. The van der Waals surface area contributed by atoms with Gasteiger partial charge < -0.3 is 5.32 Å². The molecule has 0 aliphatic carbocycles. The van der Waals surface area contributed by atoms with Crippen LogP contribution in [0.4, 0.5) is 4.39 Å². The lowest BCUT2D eigenvalue weighted by molar-refractivity contribution is 0.0938. The summed E-state index contributed by atoms with van der Waals surface area (Å²) in [6.45, 7) is 1.96. The number of carbonyl (C=O) groups is 1. The maximum Gasteiger partial charge on any atom is 0.251 e. The minimum Gasteiger partial charge on any atom is -0.350 e. The normalized spacial score (nSPS) is 12.0. The van der Waals surface area contributed by atoms with Gasteiger partial charge in [0.25, 0.3) is 5.91 Å². The van der Waals surface area contributed by atoms with Crippen molar-refractivity contribution in [1.29, 1.82) is 0 Å². The fraction of sp³-hybridized carbons (Fsp3) is 0.235. The molecule has 0 heterocycles. The van der Waals surface area contributed by atoms with Crippen molar-refractivity contribution in [2.75, 3.05) is 0 Å². The summed E-state index contributed by atoms with van der Waals surface area (Å²) in [7, 11) is 0. The van der Waals surface area contributed by atoms with Crippen molar-refractivity contribution in [2.24, 2.45) is 0 Å². The van der Waals surface area contributed by atoms with Crippen LogP contribution in [0, 0.1) is 5.82 Å². The fourth-order valence-electron chi connectivity index (χ4n) is 2.06. The average molecular weight is 303 g/mol. The SMILES string of the molecule is CC(CCc1ccccc1)NC(=O)c1ccc(F)c(S)c1. The number of benzene rings is 2. The first-order valence-electron chi connectivity index (χ1n) is 6.89. The van der Waals surface area contributed by atoms with E-state index in [4.69, 9.17) is 0 Å². The molecule has 0 aliphatic rings. The molecule has 2 aromatic rings. The zero-order valence-corrected chi connectivity index (χ0v) is 12.7. The number of carbonyl (C=O) groups excluding carboxylic acids is 1. The van der Waals surface area contributed by atoms with E-state index >= 15 is 0 Å². The molecule has 2 aromatic carbocycles. The van der Waals surface area contributed by atoms with Crippen LogP contribution in [0.5, 0.6) is 0 Å². The van der Waals surface area contributed by atoms with Crippen LogP contribution in [0.1, 0.15) is 29.3 Å². The Kier molecular flexibility index (Phi) is 5.39. The maximum absolute atomic E-state index is 13.1. The Hall–Kier alpha value is -1.81. The van der Waals surface area contributed by atoms with E-state index in [9.17, 15) is 9.18 Å². The Bertz CT molecular complexity index is 615. The number of hydrogen-bond donors (Lipinski definition) is 2. The van der Waals surface area contributed by atoms with Crippen LogP contribution in [-0.4, -0.2) is 11.9 Å². The molecule has 0 radical (unpaired) electrons. The number of rotatable bonds is 5. The van der Waals surface area contributed by atoms with Gasteiger partial charge >= 0.3 is 0 Å². The first kappa shape index (κ1) is 15.6. The number of halogens is 1. The Morgan fingerprint density at radius 2 is 1.95 bits per heavy atom. The van der Waals surface area contributed by atoms with E-state index in [0.29, 0.717) is 5.56 Å². The second-order valence-corrected chi connectivity index (χ2v) is 5.55. The zero-order chi connectivity index (χ0) is 15.2. The molecule has 2 nitrogen and oxygen atoms in total.